The van der Waals surface area contributed by atoms with E-state index in [1.807, 2.05) is 6.92 Å². The van der Waals surface area contributed by atoms with Crippen LogP contribution < -0.4 is 10.6 Å². The van der Waals surface area contributed by atoms with E-state index in [2.05, 4.69) is 20.6 Å². The van der Waals surface area contributed by atoms with Crippen molar-refractivity contribution in [3.05, 3.63) is 11.8 Å². The zero-order valence-corrected chi connectivity index (χ0v) is 13.1. The Labute approximate surface area is 124 Å². The van der Waals surface area contributed by atoms with Crippen LogP contribution in [0.3, 0.4) is 0 Å². The van der Waals surface area contributed by atoms with Crippen LogP contribution in [0.25, 0.3) is 0 Å². The summed E-state index contributed by atoms with van der Waals surface area (Å²) in [4.78, 5) is 34.4. The van der Waals surface area contributed by atoms with E-state index in [1.165, 1.54) is 9.80 Å². The molecule has 0 atom stereocenters. The van der Waals surface area contributed by atoms with E-state index in [4.69, 9.17) is 0 Å². The first-order valence-electron chi connectivity index (χ1n) is 6.53. The second kappa shape index (κ2) is 7.41. The highest BCUT2D eigenvalue weighted by Crippen LogP contribution is 2.12. The summed E-state index contributed by atoms with van der Waals surface area (Å²) in [6.45, 7) is 2.12. The maximum absolute atomic E-state index is 11.6. The fourth-order valence-electron chi connectivity index (χ4n) is 1.34. The van der Waals surface area contributed by atoms with Gasteiger partial charge in [0.2, 0.25) is 17.8 Å². The molecule has 0 aliphatic heterocycles. The van der Waals surface area contributed by atoms with Crippen molar-refractivity contribution in [1.82, 2.24) is 19.8 Å². The van der Waals surface area contributed by atoms with Crippen molar-refractivity contribution < 1.29 is 9.59 Å². The Balaban J connectivity index is 2.67. The van der Waals surface area contributed by atoms with Gasteiger partial charge in [0.15, 0.2) is 0 Å². The van der Waals surface area contributed by atoms with Crippen molar-refractivity contribution in [2.24, 2.45) is 0 Å². The zero-order valence-electron chi connectivity index (χ0n) is 13.1. The maximum atomic E-state index is 11.6. The van der Waals surface area contributed by atoms with E-state index in [1.54, 1.807) is 34.4 Å². The monoisotopic (exact) mass is 294 g/mol. The summed E-state index contributed by atoms with van der Waals surface area (Å²) in [6, 6.07) is 0. The minimum atomic E-state index is -0.0727. The average molecular weight is 294 g/mol. The zero-order chi connectivity index (χ0) is 16.0. The molecule has 1 aromatic rings. The Morgan fingerprint density at radius 3 is 2.10 bits per heavy atom. The number of hydrogen-bond acceptors (Lipinski definition) is 6. The molecule has 2 amide bonds. The third kappa shape index (κ3) is 5.25. The number of anilines is 2. The minimum Gasteiger partial charge on any atom is -0.361 e. The molecule has 0 bridgehead atoms. The SMILES string of the molecule is Cc1cnc(NCC(=O)N(C)C)nc1NCC(=O)N(C)C. The van der Waals surface area contributed by atoms with Crippen LogP contribution >= 0.6 is 0 Å². The lowest BCUT2D eigenvalue weighted by Gasteiger charge is -2.14. The second-order valence-corrected chi connectivity index (χ2v) is 5.01. The van der Waals surface area contributed by atoms with Gasteiger partial charge in [-0.1, -0.05) is 0 Å². The van der Waals surface area contributed by atoms with E-state index >= 15 is 0 Å². The lowest BCUT2D eigenvalue weighted by molar-refractivity contribution is -0.127. The minimum absolute atomic E-state index is 0.0506. The molecule has 0 unspecified atom stereocenters. The van der Waals surface area contributed by atoms with Crippen LogP contribution in [0.4, 0.5) is 11.8 Å². The third-order valence-corrected chi connectivity index (χ3v) is 2.77. The molecular weight excluding hydrogens is 272 g/mol. The molecule has 2 N–H and O–H groups in total. The lowest BCUT2D eigenvalue weighted by atomic mass is 10.3. The number of amides is 2. The smallest absolute Gasteiger partial charge is 0.241 e. The van der Waals surface area contributed by atoms with E-state index in [-0.39, 0.29) is 24.9 Å². The molecule has 21 heavy (non-hydrogen) atoms. The van der Waals surface area contributed by atoms with Gasteiger partial charge in [0.25, 0.3) is 0 Å². The summed E-state index contributed by atoms with van der Waals surface area (Å²) in [5.41, 5.74) is 0.825. The summed E-state index contributed by atoms with van der Waals surface area (Å²) in [5.74, 6) is 0.789. The van der Waals surface area contributed by atoms with E-state index in [0.29, 0.717) is 11.8 Å². The Hall–Kier alpha value is -2.38. The first-order valence-corrected chi connectivity index (χ1v) is 6.53. The molecule has 0 radical (unpaired) electrons. The van der Waals surface area contributed by atoms with Crippen LogP contribution in [-0.4, -0.2) is 72.9 Å². The number of rotatable bonds is 6. The molecule has 0 aliphatic rings. The van der Waals surface area contributed by atoms with Gasteiger partial charge in [0.1, 0.15) is 5.82 Å². The molecule has 8 heteroatoms. The van der Waals surface area contributed by atoms with Crippen molar-refractivity contribution in [2.45, 2.75) is 6.92 Å². The van der Waals surface area contributed by atoms with Crippen molar-refractivity contribution >= 4 is 23.6 Å². The van der Waals surface area contributed by atoms with Gasteiger partial charge < -0.3 is 20.4 Å². The number of carbonyl (C=O) groups is 2. The highest BCUT2D eigenvalue weighted by Gasteiger charge is 2.09. The van der Waals surface area contributed by atoms with Crippen LogP contribution in [0.15, 0.2) is 6.20 Å². The molecule has 0 saturated carbocycles. The first kappa shape index (κ1) is 16.7. The number of likely N-dealkylation sites (N-methyl/N-ethyl adjacent to an activating group) is 2. The van der Waals surface area contributed by atoms with Gasteiger partial charge in [-0.3, -0.25) is 9.59 Å². The van der Waals surface area contributed by atoms with Crippen LogP contribution in [0.5, 0.6) is 0 Å². The van der Waals surface area contributed by atoms with Crippen molar-refractivity contribution in [1.29, 1.82) is 0 Å². The van der Waals surface area contributed by atoms with Crippen molar-refractivity contribution in [3.8, 4) is 0 Å². The summed E-state index contributed by atoms with van der Waals surface area (Å²) < 4.78 is 0. The third-order valence-electron chi connectivity index (χ3n) is 2.77. The normalized spacial score (nSPS) is 9.95. The molecule has 0 fully saturated rings. The molecule has 1 heterocycles. The van der Waals surface area contributed by atoms with Crippen LogP contribution in [0.1, 0.15) is 5.56 Å². The van der Waals surface area contributed by atoms with Gasteiger partial charge in [-0.05, 0) is 6.92 Å². The Kier molecular flexibility index (Phi) is 5.89. The predicted octanol–water partition coefficient (Wildman–Crippen LogP) is -0.215. The van der Waals surface area contributed by atoms with Crippen molar-refractivity contribution in [2.75, 3.05) is 51.9 Å². The molecule has 0 aromatic carbocycles. The number of nitrogens with zero attached hydrogens (tertiary/aromatic N) is 4. The molecule has 0 aliphatic carbocycles. The summed E-state index contributed by atoms with van der Waals surface area (Å²) in [5, 5.41) is 5.82. The van der Waals surface area contributed by atoms with E-state index in [0.717, 1.165) is 5.56 Å². The van der Waals surface area contributed by atoms with Crippen LogP contribution in [0.2, 0.25) is 0 Å². The molecule has 1 rings (SSSR count). The molecule has 116 valence electrons. The van der Waals surface area contributed by atoms with Gasteiger partial charge in [-0.15, -0.1) is 0 Å². The van der Waals surface area contributed by atoms with E-state index < -0.39 is 0 Å². The summed E-state index contributed by atoms with van der Waals surface area (Å²) >= 11 is 0. The number of hydrogen-bond donors (Lipinski definition) is 2. The number of nitrogens with one attached hydrogen (secondary N) is 2. The standard InChI is InChI=1S/C13H22N6O2/c1-9-6-15-13(16-8-11(21)19(4)5)17-12(9)14-7-10(20)18(2)3/h6H,7-8H2,1-5H3,(H2,14,15,16,17). The lowest BCUT2D eigenvalue weighted by Crippen LogP contribution is -2.30. The van der Waals surface area contributed by atoms with Gasteiger partial charge in [0, 0.05) is 40.0 Å². The van der Waals surface area contributed by atoms with Gasteiger partial charge in [0.05, 0.1) is 13.1 Å². The largest absolute Gasteiger partial charge is 0.361 e. The average Bonchev–Trinajstić information content (AvgIpc) is 2.43. The Bertz CT molecular complexity index is 515. The predicted molar refractivity (Wildman–Crippen MR) is 81.1 cm³/mol. The van der Waals surface area contributed by atoms with E-state index in [9.17, 15) is 9.59 Å². The molecule has 8 nitrogen and oxygen atoms in total. The second-order valence-electron chi connectivity index (χ2n) is 5.01. The Morgan fingerprint density at radius 1 is 1.05 bits per heavy atom. The first-order chi connectivity index (χ1) is 9.81. The molecular formula is C13H22N6O2. The highest BCUT2D eigenvalue weighted by atomic mass is 16.2. The topological polar surface area (TPSA) is 90.5 Å². The van der Waals surface area contributed by atoms with Gasteiger partial charge in [-0.2, -0.15) is 4.98 Å². The molecule has 0 spiro atoms. The maximum Gasteiger partial charge on any atom is 0.241 e. The van der Waals surface area contributed by atoms with Gasteiger partial charge in [-0.25, -0.2) is 4.98 Å². The van der Waals surface area contributed by atoms with Gasteiger partial charge >= 0.3 is 0 Å². The number of carbonyl (C=O) groups excluding carboxylic acids is 2. The molecule has 0 saturated heterocycles. The summed E-state index contributed by atoms with van der Waals surface area (Å²) in [6.07, 6.45) is 1.64. The van der Waals surface area contributed by atoms with Crippen LogP contribution in [-0.2, 0) is 9.59 Å². The highest BCUT2D eigenvalue weighted by molar-refractivity contribution is 5.80. The fraction of sp³-hybridized carbons (Fsp3) is 0.538. The fourth-order valence-corrected chi connectivity index (χ4v) is 1.34. The number of aromatic nitrogens is 2. The number of aryl methyl sites for hydroxylation is 1. The van der Waals surface area contributed by atoms with Crippen LogP contribution in [0, 0.1) is 6.92 Å². The quantitative estimate of drug-likeness (QED) is 0.754. The van der Waals surface area contributed by atoms with Crippen molar-refractivity contribution in [3.63, 3.8) is 0 Å². The Morgan fingerprint density at radius 2 is 1.57 bits per heavy atom. The summed E-state index contributed by atoms with van der Waals surface area (Å²) in [7, 11) is 6.74. The molecule has 1 aromatic heterocycles.